The van der Waals surface area contributed by atoms with Crippen LogP contribution in [0.1, 0.15) is 150 Å². The number of esters is 2. The first-order valence-electron chi connectivity index (χ1n) is 15.1. The molecule has 7 nitrogen and oxygen atoms in total. The molecule has 1 unspecified atom stereocenters. The normalized spacial score (nSPS) is 12.0. The molecule has 1 atom stereocenters. The first kappa shape index (κ1) is 39.7. The van der Waals surface area contributed by atoms with Crippen molar-refractivity contribution < 1.29 is 83.4 Å². The van der Waals surface area contributed by atoms with E-state index in [1.807, 2.05) is 0 Å². The summed E-state index contributed by atoms with van der Waals surface area (Å²) < 4.78 is 43.3. The van der Waals surface area contributed by atoms with Crippen molar-refractivity contribution >= 4 is 22.1 Å². The number of rotatable bonds is 24. The Balaban J connectivity index is 0.0000152. The summed E-state index contributed by atoms with van der Waals surface area (Å²) in [6.07, 6.45) is 21.7. The number of hydrogen-bond donors (Lipinski definition) is 0. The summed E-state index contributed by atoms with van der Waals surface area (Å²) >= 11 is 0. The zero-order valence-electron chi connectivity index (χ0n) is 25.3. The van der Waals surface area contributed by atoms with Crippen LogP contribution in [0.2, 0.25) is 0 Å². The Morgan fingerprint density at radius 2 is 1.02 bits per heavy atom. The molecule has 0 aliphatic carbocycles. The molecular weight excluding hydrogens is 555 g/mol. The van der Waals surface area contributed by atoms with E-state index in [0.717, 1.165) is 19.3 Å². The molecule has 1 aromatic carbocycles. The Hall–Kier alpha value is -0.294. The van der Waals surface area contributed by atoms with Gasteiger partial charge in [-0.1, -0.05) is 122 Å². The van der Waals surface area contributed by atoms with Gasteiger partial charge in [0.2, 0.25) is 0 Å². The molecule has 1 aromatic rings. The average molecular weight is 607 g/mol. The van der Waals surface area contributed by atoms with Crippen molar-refractivity contribution in [3.8, 4) is 0 Å². The topological polar surface area (TPSA) is 110 Å². The number of carbonyl (C=O) groups is 2. The second-order valence-electron chi connectivity index (χ2n) is 10.6. The number of unbranched alkanes of at least 4 members (excludes halogenated alkanes) is 16. The van der Waals surface area contributed by atoms with Crippen molar-refractivity contribution in [3.63, 3.8) is 0 Å². The minimum atomic E-state index is -4.43. The summed E-state index contributed by atoms with van der Waals surface area (Å²) in [6.45, 7) is 3.59. The van der Waals surface area contributed by atoms with Gasteiger partial charge in [-0.2, -0.15) is 0 Å². The molecule has 0 N–H and O–H groups in total. The Kier molecular flexibility index (Phi) is 25.0. The van der Waals surface area contributed by atoms with Crippen molar-refractivity contribution in [2.24, 2.45) is 0 Å². The van der Waals surface area contributed by atoms with Crippen LogP contribution in [0, 0.1) is 0 Å². The maximum absolute atomic E-state index is 12.5. The minimum Gasteiger partial charge on any atom is -0.748 e. The van der Waals surface area contributed by atoms with Crippen LogP contribution < -0.4 is 51.4 Å². The fourth-order valence-electron chi connectivity index (χ4n) is 4.45. The summed E-state index contributed by atoms with van der Waals surface area (Å²) in [6, 6.07) is 6.20. The molecule has 0 saturated carbocycles. The Morgan fingerprint density at radius 1 is 0.675 bits per heavy atom. The van der Waals surface area contributed by atoms with Crippen LogP contribution in [0.25, 0.3) is 0 Å². The van der Waals surface area contributed by atoms with E-state index in [1.165, 1.54) is 109 Å². The Bertz CT molecular complexity index is 905. The zero-order valence-corrected chi connectivity index (χ0v) is 29.2. The molecule has 0 radical (unpaired) electrons. The molecular formula is C31H51KO7S. The third-order valence-corrected chi connectivity index (χ3v) is 8.32. The average Bonchev–Trinajstić information content (AvgIpc) is 2.91. The standard InChI is InChI=1S/C31H52O7S.K/c1-3-4-5-6-7-8-9-10-11-12-13-14-15-16-17-18-21-25-37-30(32)28-22-19-20-23-29(28)31(33)38-26-24-27(2)39(34,35)36;/h19-20,22-23,27H,3-18,21,24-26H2,1-2H3,(H,34,35,36);/q;+1/p-1. The molecule has 0 aliphatic rings. The molecule has 0 bridgehead atoms. The minimum absolute atomic E-state index is 0. The van der Waals surface area contributed by atoms with Gasteiger partial charge in [-0.15, -0.1) is 0 Å². The van der Waals surface area contributed by atoms with Gasteiger partial charge in [-0.3, -0.25) is 0 Å². The number of carbonyl (C=O) groups excluding carboxylic acids is 2. The van der Waals surface area contributed by atoms with Crippen LogP contribution in [-0.2, 0) is 19.6 Å². The van der Waals surface area contributed by atoms with Crippen LogP contribution in [0.5, 0.6) is 0 Å². The second kappa shape index (κ2) is 25.2. The molecule has 0 spiro atoms. The van der Waals surface area contributed by atoms with Gasteiger partial charge in [0.05, 0.1) is 34.5 Å². The van der Waals surface area contributed by atoms with Crippen LogP contribution in [0.15, 0.2) is 24.3 Å². The molecule has 0 aliphatic heterocycles. The fourth-order valence-corrected chi connectivity index (χ4v) is 4.83. The van der Waals surface area contributed by atoms with Crippen molar-refractivity contribution in [1.82, 2.24) is 0 Å². The molecule has 1 rings (SSSR count). The third-order valence-electron chi connectivity index (χ3n) is 7.10. The van der Waals surface area contributed by atoms with E-state index in [1.54, 1.807) is 12.1 Å². The molecule has 224 valence electrons. The van der Waals surface area contributed by atoms with Gasteiger partial charge in [0, 0.05) is 5.25 Å². The van der Waals surface area contributed by atoms with Crippen LogP contribution in [0.3, 0.4) is 0 Å². The molecule has 40 heavy (non-hydrogen) atoms. The van der Waals surface area contributed by atoms with E-state index < -0.39 is 27.3 Å². The monoisotopic (exact) mass is 606 g/mol. The van der Waals surface area contributed by atoms with E-state index in [-0.39, 0.29) is 75.5 Å². The first-order chi connectivity index (χ1) is 18.8. The quantitative estimate of drug-likeness (QED) is 0.0707. The van der Waals surface area contributed by atoms with Gasteiger partial charge >= 0.3 is 63.3 Å². The van der Waals surface area contributed by atoms with E-state index in [9.17, 15) is 22.6 Å². The van der Waals surface area contributed by atoms with E-state index in [2.05, 4.69) is 6.92 Å². The number of hydrogen-bond acceptors (Lipinski definition) is 7. The maximum Gasteiger partial charge on any atom is 1.00 e. The molecule has 0 aromatic heterocycles. The summed E-state index contributed by atoms with van der Waals surface area (Å²) in [5.74, 6) is -1.34. The summed E-state index contributed by atoms with van der Waals surface area (Å²) in [7, 11) is -4.43. The molecule has 0 amide bonds. The molecule has 0 fully saturated rings. The second-order valence-corrected chi connectivity index (χ2v) is 12.4. The van der Waals surface area contributed by atoms with Gasteiger partial charge in [0.1, 0.15) is 0 Å². The van der Waals surface area contributed by atoms with Crippen LogP contribution in [-0.4, -0.2) is 43.4 Å². The van der Waals surface area contributed by atoms with Gasteiger partial charge in [-0.25, -0.2) is 18.0 Å². The van der Waals surface area contributed by atoms with Gasteiger partial charge in [0.25, 0.3) is 0 Å². The smallest absolute Gasteiger partial charge is 0.748 e. The number of ether oxygens (including phenoxy) is 2. The summed E-state index contributed by atoms with van der Waals surface area (Å²) in [5.41, 5.74) is 0.168. The van der Waals surface area contributed by atoms with E-state index in [0.29, 0.717) is 6.61 Å². The van der Waals surface area contributed by atoms with Crippen molar-refractivity contribution in [3.05, 3.63) is 35.4 Å². The SMILES string of the molecule is CCCCCCCCCCCCCCCCCCCOC(=O)c1ccccc1C(=O)OCCC(C)S(=O)(=O)[O-].[K+]. The third kappa shape index (κ3) is 19.8. The van der Waals surface area contributed by atoms with Gasteiger partial charge in [-0.05, 0) is 31.9 Å². The summed E-state index contributed by atoms with van der Waals surface area (Å²) in [4.78, 5) is 24.9. The predicted molar refractivity (Wildman–Crippen MR) is 155 cm³/mol. The van der Waals surface area contributed by atoms with Crippen molar-refractivity contribution in [2.45, 2.75) is 135 Å². The first-order valence-corrected chi connectivity index (χ1v) is 16.6. The van der Waals surface area contributed by atoms with E-state index in [4.69, 9.17) is 9.47 Å². The fraction of sp³-hybridized carbons (Fsp3) is 0.742. The van der Waals surface area contributed by atoms with Gasteiger partial charge < -0.3 is 14.0 Å². The van der Waals surface area contributed by atoms with Crippen LogP contribution >= 0.6 is 0 Å². The molecule has 0 saturated heterocycles. The molecule has 0 heterocycles. The summed E-state index contributed by atoms with van der Waals surface area (Å²) in [5, 5.41) is -1.16. The number of benzene rings is 1. The zero-order chi connectivity index (χ0) is 28.8. The largest absolute Gasteiger partial charge is 1.00 e. The Labute approximate surface area is 286 Å². The maximum atomic E-state index is 12.5. The molecule has 9 heteroatoms. The van der Waals surface area contributed by atoms with Crippen molar-refractivity contribution in [2.75, 3.05) is 13.2 Å². The predicted octanol–water partition coefficient (Wildman–Crippen LogP) is 4.98. The Morgan fingerprint density at radius 3 is 1.40 bits per heavy atom. The van der Waals surface area contributed by atoms with Gasteiger partial charge in [0.15, 0.2) is 0 Å². The van der Waals surface area contributed by atoms with Crippen LogP contribution in [0.4, 0.5) is 0 Å². The van der Waals surface area contributed by atoms with E-state index >= 15 is 0 Å². The van der Waals surface area contributed by atoms with Crippen molar-refractivity contribution in [1.29, 1.82) is 0 Å².